The summed E-state index contributed by atoms with van der Waals surface area (Å²) < 4.78 is 1.16. The summed E-state index contributed by atoms with van der Waals surface area (Å²) in [6.45, 7) is 4.70. The fraction of sp³-hybridized carbons (Fsp3) is 0.625. The van der Waals surface area contributed by atoms with Gasteiger partial charge in [-0.3, -0.25) is 0 Å². The van der Waals surface area contributed by atoms with Gasteiger partial charge in [-0.2, -0.15) is 0 Å². The summed E-state index contributed by atoms with van der Waals surface area (Å²) in [4.78, 5) is 0.503. The second-order valence-corrected chi connectivity index (χ2v) is 7.91. The maximum absolute atomic E-state index is 4.01. The predicted octanol–water partition coefficient (Wildman–Crippen LogP) is 6.49. The fourth-order valence-corrected chi connectivity index (χ4v) is 4.65. The maximum atomic E-state index is 4.01. The smallest absolute Gasteiger partial charge is 0.0451 e. The Labute approximate surface area is 128 Å². The molecule has 0 aliphatic heterocycles. The van der Waals surface area contributed by atoms with Gasteiger partial charge in [0.25, 0.3) is 0 Å². The van der Waals surface area contributed by atoms with Crippen LogP contribution in [0.25, 0.3) is 0 Å². The highest BCUT2D eigenvalue weighted by molar-refractivity contribution is 9.10. The van der Waals surface area contributed by atoms with E-state index >= 15 is 0 Å². The summed E-state index contributed by atoms with van der Waals surface area (Å²) >= 11 is 7.52. The Kier molecular flexibility index (Phi) is 4.93. The van der Waals surface area contributed by atoms with Gasteiger partial charge >= 0.3 is 0 Å². The summed E-state index contributed by atoms with van der Waals surface area (Å²) in [6.07, 6.45) is 6.87. The van der Waals surface area contributed by atoms with E-state index in [0.717, 1.165) is 10.4 Å². The number of hydrogen-bond acceptors (Lipinski definition) is 0. The van der Waals surface area contributed by atoms with Crippen molar-refractivity contribution in [3.8, 4) is 0 Å². The van der Waals surface area contributed by atoms with Gasteiger partial charge in [0, 0.05) is 9.30 Å². The summed E-state index contributed by atoms with van der Waals surface area (Å²) in [6, 6.07) is 8.82. The molecule has 0 nitrogen and oxygen atoms in total. The highest BCUT2D eigenvalue weighted by Gasteiger charge is 2.40. The number of rotatable bonds is 4. The molecule has 0 heterocycles. The molecule has 1 saturated carbocycles. The zero-order valence-electron chi connectivity index (χ0n) is 11.3. The van der Waals surface area contributed by atoms with Gasteiger partial charge < -0.3 is 0 Å². The standard InChI is InChI=1S/C16H22Br2/c1-12(2)11-16(9-3-4-10-16)15(18)13-5-7-14(17)8-6-13/h5-8,12,15H,3-4,9-11H2,1-2H3. The monoisotopic (exact) mass is 372 g/mol. The van der Waals surface area contributed by atoms with Crippen molar-refractivity contribution in [2.75, 3.05) is 0 Å². The zero-order chi connectivity index (χ0) is 13.2. The van der Waals surface area contributed by atoms with Gasteiger partial charge in [0.05, 0.1) is 0 Å². The molecule has 1 atom stereocenters. The first-order chi connectivity index (χ1) is 8.53. The van der Waals surface area contributed by atoms with E-state index in [-0.39, 0.29) is 0 Å². The molecule has 0 N–H and O–H groups in total. The molecule has 0 amide bonds. The van der Waals surface area contributed by atoms with E-state index in [2.05, 4.69) is 70.0 Å². The average molecular weight is 374 g/mol. The fourth-order valence-electron chi connectivity index (χ4n) is 3.44. The van der Waals surface area contributed by atoms with E-state index in [0.29, 0.717) is 10.2 Å². The van der Waals surface area contributed by atoms with Crippen LogP contribution < -0.4 is 0 Å². The van der Waals surface area contributed by atoms with Crippen LogP contribution in [-0.2, 0) is 0 Å². The van der Waals surface area contributed by atoms with Crippen molar-refractivity contribution < 1.29 is 0 Å². The Bertz CT molecular complexity index is 375. The zero-order valence-corrected chi connectivity index (χ0v) is 14.4. The van der Waals surface area contributed by atoms with Gasteiger partial charge in [-0.15, -0.1) is 0 Å². The molecule has 18 heavy (non-hydrogen) atoms. The lowest BCUT2D eigenvalue weighted by atomic mass is 9.74. The minimum absolute atomic E-state index is 0.474. The minimum atomic E-state index is 0.474. The molecule has 1 unspecified atom stereocenters. The summed E-state index contributed by atoms with van der Waals surface area (Å²) in [5, 5.41) is 0. The molecule has 100 valence electrons. The van der Waals surface area contributed by atoms with Gasteiger partial charge in [-0.05, 0) is 48.3 Å². The molecule has 1 aromatic carbocycles. The highest BCUT2D eigenvalue weighted by Crippen LogP contribution is 2.55. The van der Waals surface area contributed by atoms with Crippen LogP contribution in [0.1, 0.15) is 56.3 Å². The second-order valence-electron chi connectivity index (χ2n) is 6.08. The van der Waals surface area contributed by atoms with Crippen LogP contribution in [0.3, 0.4) is 0 Å². The molecule has 2 rings (SSSR count). The van der Waals surface area contributed by atoms with Crippen molar-refractivity contribution in [1.29, 1.82) is 0 Å². The third kappa shape index (κ3) is 3.19. The summed E-state index contributed by atoms with van der Waals surface area (Å²) in [5.74, 6) is 0.776. The van der Waals surface area contributed by atoms with Gasteiger partial charge in [-0.1, -0.05) is 70.7 Å². The normalized spacial score (nSPS) is 20.3. The van der Waals surface area contributed by atoms with E-state index in [1.54, 1.807) is 0 Å². The predicted molar refractivity (Wildman–Crippen MR) is 86.2 cm³/mol. The van der Waals surface area contributed by atoms with E-state index in [1.807, 2.05) is 0 Å². The Morgan fingerprint density at radius 2 is 1.67 bits per heavy atom. The quantitative estimate of drug-likeness (QED) is 0.529. The first kappa shape index (κ1) is 14.6. The number of hydrogen-bond donors (Lipinski definition) is 0. The largest absolute Gasteiger partial charge is 0.0833 e. The molecule has 0 spiro atoms. The Balaban J connectivity index is 2.22. The maximum Gasteiger partial charge on any atom is 0.0451 e. The third-order valence-corrected chi connectivity index (χ3v) is 6.14. The molecule has 0 saturated heterocycles. The van der Waals surface area contributed by atoms with Crippen molar-refractivity contribution in [2.45, 2.75) is 50.8 Å². The molecule has 2 heteroatoms. The van der Waals surface area contributed by atoms with E-state index < -0.39 is 0 Å². The SMILES string of the molecule is CC(C)CC1(C(Br)c2ccc(Br)cc2)CCCC1. The number of alkyl halides is 1. The Morgan fingerprint density at radius 3 is 2.17 bits per heavy atom. The van der Waals surface area contributed by atoms with Crippen LogP contribution in [0.2, 0.25) is 0 Å². The molecule has 0 bridgehead atoms. The topological polar surface area (TPSA) is 0 Å². The summed E-state index contributed by atoms with van der Waals surface area (Å²) in [5.41, 5.74) is 1.91. The van der Waals surface area contributed by atoms with Gasteiger partial charge in [0.15, 0.2) is 0 Å². The molecule has 0 radical (unpaired) electrons. The van der Waals surface area contributed by atoms with E-state index in [9.17, 15) is 0 Å². The van der Waals surface area contributed by atoms with Crippen LogP contribution >= 0.6 is 31.9 Å². The molecule has 1 aliphatic rings. The van der Waals surface area contributed by atoms with Crippen molar-refractivity contribution >= 4 is 31.9 Å². The van der Waals surface area contributed by atoms with Crippen LogP contribution in [0.4, 0.5) is 0 Å². The first-order valence-electron chi connectivity index (χ1n) is 6.93. The second kappa shape index (κ2) is 6.09. The summed E-state index contributed by atoms with van der Waals surface area (Å²) in [7, 11) is 0. The van der Waals surface area contributed by atoms with Crippen LogP contribution in [0.15, 0.2) is 28.7 Å². The van der Waals surface area contributed by atoms with Crippen LogP contribution in [0, 0.1) is 11.3 Å². The lowest BCUT2D eigenvalue weighted by molar-refractivity contribution is 0.230. The van der Waals surface area contributed by atoms with Crippen molar-refractivity contribution in [3.05, 3.63) is 34.3 Å². The molecule has 0 aromatic heterocycles. The van der Waals surface area contributed by atoms with Gasteiger partial charge in [-0.25, -0.2) is 0 Å². The molecular formula is C16H22Br2. The van der Waals surface area contributed by atoms with E-state index in [1.165, 1.54) is 37.7 Å². The Morgan fingerprint density at radius 1 is 1.11 bits per heavy atom. The average Bonchev–Trinajstić information content (AvgIpc) is 2.78. The lowest BCUT2D eigenvalue weighted by Crippen LogP contribution is -2.24. The van der Waals surface area contributed by atoms with Crippen LogP contribution in [-0.4, -0.2) is 0 Å². The minimum Gasteiger partial charge on any atom is -0.0833 e. The Hall–Kier alpha value is 0.180. The van der Waals surface area contributed by atoms with Gasteiger partial charge in [0.2, 0.25) is 0 Å². The number of benzene rings is 1. The van der Waals surface area contributed by atoms with Crippen molar-refractivity contribution in [2.24, 2.45) is 11.3 Å². The number of halogens is 2. The molecule has 1 fully saturated rings. The van der Waals surface area contributed by atoms with Gasteiger partial charge in [0.1, 0.15) is 0 Å². The van der Waals surface area contributed by atoms with Crippen molar-refractivity contribution in [1.82, 2.24) is 0 Å². The first-order valence-corrected chi connectivity index (χ1v) is 8.64. The van der Waals surface area contributed by atoms with Crippen molar-refractivity contribution in [3.63, 3.8) is 0 Å². The molecule has 1 aliphatic carbocycles. The van der Waals surface area contributed by atoms with Crippen LogP contribution in [0.5, 0.6) is 0 Å². The third-order valence-electron chi connectivity index (χ3n) is 4.11. The highest BCUT2D eigenvalue weighted by atomic mass is 79.9. The molecular weight excluding hydrogens is 352 g/mol. The van der Waals surface area contributed by atoms with E-state index in [4.69, 9.17) is 0 Å². The molecule has 1 aromatic rings. The lowest BCUT2D eigenvalue weighted by Gasteiger charge is -2.36.